The lowest BCUT2D eigenvalue weighted by molar-refractivity contribution is 0.267. The summed E-state index contributed by atoms with van der Waals surface area (Å²) in [5.74, 6) is 0. The predicted molar refractivity (Wildman–Crippen MR) is 67.3 cm³/mol. The van der Waals surface area contributed by atoms with E-state index in [9.17, 15) is 0 Å². The topological polar surface area (TPSA) is 105 Å². The Bertz CT molecular complexity index is 293. The molecule has 0 heterocycles. The molecule has 0 bridgehead atoms. The van der Waals surface area contributed by atoms with Crippen LogP contribution in [0.15, 0.2) is 18.2 Å². The van der Waals surface area contributed by atoms with Crippen LogP contribution in [0.1, 0.15) is 0 Å². The van der Waals surface area contributed by atoms with Crippen LogP contribution in [0.2, 0.25) is 5.02 Å². The summed E-state index contributed by atoms with van der Waals surface area (Å²) >= 11 is 5.61. The van der Waals surface area contributed by atoms with E-state index in [1.807, 2.05) is 0 Å². The number of benzene rings is 1. The van der Waals surface area contributed by atoms with Crippen LogP contribution < -0.4 is 16.8 Å². The first-order valence-electron chi connectivity index (χ1n) is 4.84. The number of halogens is 1. The van der Waals surface area contributed by atoms with Gasteiger partial charge in [-0.1, -0.05) is 11.6 Å². The smallest absolute Gasteiger partial charge is 0.0655 e. The van der Waals surface area contributed by atoms with Crippen molar-refractivity contribution in [3.05, 3.63) is 23.2 Å². The monoisotopic (exact) mass is 247 g/mol. The summed E-state index contributed by atoms with van der Waals surface area (Å²) in [6, 6.07) is 5.01. The molecule has 0 saturated carbocycles. The van der Waals surface area contributed by atoms with Crippen molar-refractivity contribution in [3.63, 3.8) is 0 Å². The van der Waals surface area contributed by atoms with Gasteiger partial charge in [0.1, 0.15) is 0 Å². The SMILES string of the molecule is Nc1ccc(N)c(Cl)c1.OCCNCCO. The van der Waals surface area contributed by atoms with Gasteiger partial charge in [-0.05, 0) is 18.2 Å². The van der Waals surface area contributed by atoms with Crippen molar-refractivity contribution in [1.82, 2.24) is 5.32 Å². The molecule has 0 fully saturated rings. The highest BCUT2D eigenvalue weighted by Gasteiger charge is 1.92. The van der Waals surface area contributed by atoms with E-state index in [1.54, 1.807) is 18.2 Å². The minimum atomic E-state index is 0.139. The molecule has 1 aromatic carbocycles. The van der Waals surface area contributed by atoms with Crippen LogP contribution in [0.4, 0.5) is 11.4 Å². The summed E-state index contributed by atoms with van der Waals surface area (Å²) < 4.78 is 0. The molecular formula is C10H18ClN3O2. The Hall–Kier alpha value is -1.01. The lowest BCUT2D eigenvalue weighted by atomic mass is 10.3. The van der Waals surface area contributed by atoms with Gasteiger partial charge in [0.05, 0.1) is 23.9 Å². The molecule has 1 rings (SSSR count). The molecule has 1 aromatic rings. The van der Waals surface area contributed by atoms with Crippen LogP contribution in [0.25, 0.3) is 0 Å². The van der Waals surface area contributed by atoms with Crippen LogP contribution in [-0.2, 0) is 0 Å². The quantitative estimate of drug-likeness (QED) is 0.383. The molecule has 0 aliphatic heterocycles. The van der Waals surface area contributed by atoms with Gasteiger partial charge in [0.25, 0.3) is 0 Å². The van der Waals surface area contributed by atoms with E-state index in [2.05, 4.69) is 5.32 Å². The maximum absolute atomic E-state index is 8.15. The third-order valence-electron chi connectivity index (χ3n) is 1.60. The Morgan fingerprint density at radius 2 is 1.69 bits per heavy atom. The average Bonchev–Trinajstić information content (AvgIpc) is 2.26. The molecule has 5 nitrogen and oxygen atoms in total. The van der Waals surface area contributed by atoms with Gasteiger partial charge < -0.3 is 27.0 Å². The lowest BCUT2D eigenvalue weighted by Crippen LogP contribution is -2.21. The van der Waals surface area contributed by atoms with Crippen LogP contribution >= 0.6 is 11.6 Å². The maximum Gasteiger partial charge on any atom is 0.0655 e. The number of nitrogens with two attached hydrogens (primary N) is 2. The number of hydrogen-bond acceptors (Lipinski definition) is 5. The molecule has 0 aromatic heterocycles. The highest BCUT2D eigenvalue weighted by molar-refractivity contribution is 6.33. The second-order valence-electron chi connectivity index (χ2n) is 2.98. The van der Waals surface area contributed by atoms with Crippen molar-refractivity contribution in [3.8, 4) is 0 Å². The largest absolute Gasteiger partial charge is 0.399 e. The van der Waals surface area contributed by atoms with E-state index in [0.717, 1.165) is 0 Å². The average molecular weight is 248 g/mol. The first-order valence-corrected chi connectivity index (χ1v) is 5.22. The molecule has 0 amide bonds. The van der Waals surface area contributed by atoms with Gasteiger partial charge in [-0.3, -0.25) is 0 Å². The first kappa shape index (κ1) is 15.0. The molecule has 0 radical (unpaired) electrons. The van der Waals surface area contributed by atoms with Crippen molar-refractivity contribution < 1.29 is 10.2 Å². The Balaban J connectivity index is 0.000000293. The maximum atomic E-state index is 8.15. The number of nitrogens with one attached hydrogen (secondary N) is 1. The van der Waals surface area contributed by atoms with Gasteiger partial charge in [-0.25, -0.2) is 0 Å². The summed E-state index contributed by atoms with van der Waals surface area (Å²) in [7, 11) is 0. The highest BCUT2D eigenvalue weighted by Crippen LogP contribution is 2.20. The molecule has 92 valence electrons. The van der Waals surface area contributed by atoms with Crippen molar-refractivity contribution in [2.24, 2.45) is 0 Å². The summed E-state index contributed by atoms with van der Waals surface area (Å²) in [6.45, 7) is 1.42. The fourth-order valence-electron chi connectivity index (χ4n) is 0.827. The normalized spacial score (nSPS) is 9.44. The van der Waals surface area contributed by atoms with E-state index < -0.39 is 0 Å². The van der Waals surface area contributed by atoms with Crippen LogP contribution in [0.3, 0.4) is 0 Å². The van der Waals surface area contributed by atoms with Gasteiger partial charge >= 0.3 is 0 Å². The van der Waals surface area contributed by atoms with Crippen molar-refractivity contribution in [2.45, 2.75) is 0 Å². The van der Waals surface area contributed by atoms with Gasteiger partial charge in [-0.2, -0.15) is 0 Å². The fourth-order valence-corrected chi connectivity index (χ4v) is 1.02. The Labute approximate surface area is 100 Å². The third-order valence-corrected chi connectivity index (χ3v) is 1.93. The standard InChI is InChI=1S/C6H7ClN2.C4H11NO2/c7-5-3-4(8)1-2-6(5)9;6-3-1-5-2-4-7/h1-3H,8-9H2;5-7H,1-4H2. The van der Waals surface area contributed by atoms with Gasteiger partial charge in [-0.15, -0.1) is 0 Å². The third kappa shape index (κ3) is 7.30. The molecule has 0 aliphatic rings. The van der Waals surface area contributed by atoms with E-state index in [0.29, 0.717) is 29.5 Å². The molecule has 0 atom stereocenters. The minimum Gasteiger partial charge on any atom is -0.399 e. The number of nitrogen functional groups attached to an aromatic ring is 2. The molecule has 6 heteroatoms. The highest BCUT2D eigenvalue weighted by atomic mass is 35.5. The van der Waals surface area contributed by atoms with E-state index in [1.165, 1.54) is 0 Å². The van der Waals surface area contributed by atoms with E-state index in [-0.39, 0.29) is 13.2 Å². The number of aliphatic hydroxyl groups excluding tert-OH is 2. The van der Waals surface area contributed by atoms with Crippen molar-refractivity contribution in [1.29, 1.82) is 0 Å². The lowest BCUT2D eigenvalue weighted by Gasteiger charge is -1.96. The zero-order chi connectivity index (χ0) is 12.4. The molecule has 0 saturated heterocycles. The second kappa shape index (κ2) is 9.23. The van der Waals surface area contributed by atoms with E-state index in [4.69, 9.17) is 33.3 Å². The molecule has 16 heavy (non-hydrogen) atoms. The fraction of sp³-hybridized carbons (Fsp3) is 0.400. The zero-order valence-corrected chi connectivity index (χ0v) is 9.74. The Morgan fingerprint density at radius 3 is 2.06 bits per heavy atom. The predicted octanol–water partition coefficient (Wildman–Crippen LogP) is 0.0650. The molecule has 0 spiro atoms. The summed E-state index contributed by atoms with van der Waals surface area (Å²) in [5.41, 5.74) is 12.0. The van der Waals surface area contributed by atoms with Crippen molar-refractivity contribution >= 4 is 23.0 Å². The Morgan fingerprint density at radius 1 is 1.12 bits per heavy atom. The van der Waals surface area contributed by atoms with Crippen molar-refractivity contribution in [2.75, 3.05) is 37.8 Å². The summed E-state index contributed by atoms with van der Waals surface area (Å²) in [5, 5.41) is 19.6. The summed E-state index contributed by atoms with van der Waals surface area (Å²) in [4.78, 5) is 0. The van der Waals surface area contributed by atoms with Crippen LogP contribution in [0.5, 0.6) is 0 Å². The Kier molecular flexibility index (Phi) is 8.65. The number of anilines is 2. The van der Waals surface area contributed by atoms with E-state index >= 15 is 0 Å². The first-order chi connectivity index (χ1) is 7.61. The molecule has 7 N–H and O–H groups in total. The zero-order valence-electron chi connectivity index (χ0n) is 8.99. The molecule has 0 unspecified atom stereocenters. The number of aliphatic hydroxyl groups is 2. The van der Waals surface area contributed by atoms with Crippen LogP contribution in [0, 0.1) is 0 Å². The van der Waals surface area contributed by atoms with Gasteiger partial charge in [0.2, 0.25) is 0 Å². The van der Waals surface area contributed by atoms with Gasteiger partial charge in [0, 0.05) is 18.8 Å². The number of rotatable bonds is 4. The molecular weight excluding hydrogens is 230 g/mol. The summed E-state index contributed by atoms with van der Waals surface area (Å²) in [6.07, 6.45) is 0. The molecule has 0 aliphatic carbocycles. The van der Waals surface area contributed by atoms with Crippen LogP contribution in [-0.4, -0.2) is 36.5 Å². The van der Waals surface area contributed by atoms with Gasteiger partial charge in [0.15, 0.2) is 0 Å². The second-order valence-corrected chi connectivity index (χ2v) is 3.39. The minimum absolute atomic E-state index is 0.139. The number of hydrogen-bond donors (Lipinski definition) is 5.